The van der Waals surface area contributed by atoms with Gasteiger partial charge in [-0.1, -0.05) is 18.2 Å². The highest BCUT2D eigenvalue weighted by atomic mass is 16.2. The first kappa shape index (κ1) is 14.9. The van der Waals surface area contributed by atoms with Gasteiger partial charge in [0, 0.05) is 36.9 Å². The smallest absolute Gasteiger partial charge is 0.259 e. The third-order valence-electron chi connectivity index (χ3n) is 4.74. The summed E-state index contributed by atoms with van der Waals surface area (Å²) >= 11 is 0. The lowest BCUT2D eigenvalue weighted by Gasteiger charge is -2.37. The van der Waals surface area contributed by atoms with Crippen molar-refractivity contribution in [1.29, 1.82) is 0 Å². The minimum Gasteiger partial charge on any atom is -0.306 e. The van der Waals surface area contributed by atoms with Gasteiger partial charge in [0.15, 0.2) is 0 Å². The van der Waals surface area contributed by atoms with Gasteiger partial charge in [0.25, 0.3) is 5.91 Å². The number of fused-ring (bicyclic) bond motifs is 2. The van der Waals surface area contributed by atoms with E-state index in [9.17, 15) is 4.79 Å². The van der Waals surface area contributed by atoms with E-state index in [0.717, 1.165) is 17.8 Å². The Morgan fingerprint density at radius 2 is 2.04 bits per heavy atom. The number of pyridine rings is 1. The molecule has 5 nitrogen and oxygen atoms in total. The Morgan fingerprint density at radius 1 is 1.21 bits per heavy atom. The van der Waals surface area contributed by atoms with Gasteiger partial charge in [0.05, 0.1) is 5.56 Å². The minimum absolute atomic E-state index is 0.0320. The van der Waals surface area contributed by atoms with Crippen LogP contribution >= 0.6 is 0 Å². The van der Waals surface area contributed by atoms with Crippen LogP contribution in [0.15, 0.2) is 55.0 Å². The number of hydrogen-bond acceptors (Lipinski definition) is 3. The highest BCUT2D eigenvalue weighted by Gasteiger charge is 2.30. The number of nitrogens with zero attached hydrogens (tertiary/aromatic N) is 4. The van der Waals surface area contributed by atoms with Crippen molar-refractivity contribution in [3.63, 3.8) is 0 Å². The summed E-state index contributed by atoms with van der Waals surface area (Å²) in [5, 5.41) is 0. The van der Waals surface area contributed by atoms with E-state index in [1.807, 2.05) is 52.0 Å². The molecule has 3 aromatic rings. The first-order valence-corrected chi connectivity index (χ1v) is 8.12. The maximum absolute atomic E-state index is 13.2. The van der Waals surface area contributed by atoms with Crippen LogP contribution in [0, 0.1) is 0 Å². The summed E-state index contributed by atoms with van der Waals surface area (Å²) in [6.45, 7) is 0.699. The molecule has 0 aliphatic carbocycles. The van der Waals surface area contributed by atoms with Crippen molar-refractivity contribution in [2.45, 2.75) is 12.5 Å². The molecule has 1 atom stereocenters. The summed E-state index contributed by atoms with van der Waals surface area (Å²) < 4.78 is 1.88. The Labute approximate surface area is 141 Å². The van der Waals surface area contributed by atoms with E-state index in [1.165, 1.54) is 5.56 Å². The van der Waals surface area contributed by atoms with Crippen LogP contribution < -0.4 is 4.90 Å². The van der Waals surface area contributed by atoms with Crippen LogP contribution in [-0.2, 0) is 6.42 Å². The number of aromatic nitrogens is 2. The van der Waals surface area contributed by atoms with Crippen molar-refractivity contribution < 1.29 is 4.79 Å². The average Bonchev–Trinajstić information content (AvgIpc) is 3.07. The SMILES string of the molecule is CN(C)C1Cc2ccccc2N(C(=O)c2ccc3nccn3c2)C1. The number of rotatable bonds is 2. The molecule has 0 N–H and O–H groups in total. The Kier molecular flexibility index (Phi) is 3.58. The topological polar surface area (TPSA) is 40.8 Å². The molecule has 2 aromatic heterocycles. The maximum Gasteiger partial charge on any atom is 0.259 e. The molecule has 24 heavy (non-hydrogen) atoms. The predicted molar refractivity (Wildman–Crippen MR) is 94.5 cm³/mol. The lowest BCUT2D eigenvalue weighted by molar-refractivity contribution is 0.0975. The lowest BCUT2D eigenvalue weighted by Crippen LogP contribution is -2.48. The van der Waals surface area contributed by atoms with Gasteiger partial charge in [0.2, 0.25) is 0 Å². The van der Waals surface area contributed by atoms with Gasteiger partial charge >= 0.3 is 0 Å². The standard InChI is InChI=1S/C19H20N4O/c1-21(2)16-11-14-5-3-4-6-17(14)23(13-16)19(24)15-7-8-18-20-9-10-22(18)12-15/h3-10,12,16H,11,13H2,1-2H3. The Morgan fingerprint density at radius 3 is 2.88 bits per heavy atom. The van der Waals surface area contributed by atoms with Crippen LogP contribution in [0.3, 0.4) is 0 Å². The Hall–Kier alpha value is -2.66. The fraction of sp³-hybridized carbons (Fsp3) is 0.263. The van der Waals surface area contributed by atoms with Crippen LogP contribution in [0.4, 0.5) is 5.69 Å². The quantitative estimate of drug-likeness (QED) is 0.728. The van der Waals surface area contributed by atoms with Crippen molar-refractivity contribution >= 4 is 17.2 Å². The van der Waals surface area contributed by atoms with Gasteiger partial charge in [-0.05, 0) is 44.3 Å². The second kappa shape index (κ2) is 5.76. The summed E-state index contributed by atoms with van der Waals surface area (Å²) in [7, 11) is 4.14. The number of para-hydroxylation sites is 1. The van der Waals surface area contributed by atoms with Gasteiger partial charge in [-0.2, -0.15) is 0 Å². The van der Waals surface area contributed by atoms with E-state index in [0.29, 0.717) is 18.2 Å². The van der Waals surface area contributed by atoms with Gasteiger partial charge in [0.1, 0.15) is 5.65 Å². The molecule has 4 rings (SSSR count). The second-order valence-electron chi connectivity index (χ2n) is 6.48. The van der Waals surface area contributed by atoms with E-state index in [-0.39, 0.29) is 5.91 Å². The maximum atomic E-state index is 13.2. The minimum atomic E-state index is 0.0320. The van der Waals surface area contributed by atoms with Crippen LogP contribution in [0.1, 0.15) is 15.9 Å². The number of amides is 1. The van der Waals surface area contributed by atoms with E-state index >= 15 is 0 Å². The Balaban J connectivity index is 1.74. The highest BCUT2D eigenvalue weighted by molar-refractivity contribution is 6.06. The monoisotopic (exact) mass is 320 g/mol. The highest BCUT2D eigenvalue weighted by Crippen LogP contribution is 2.29. The number of imidazole rings is 1. The van der Waals surface area contributed by atoms with Gasteiger partial charge in [-0.25, -0.2) is 4.98 Å². The number of carbonyl (C=O) groups is 1. The molecule has 0 fully saturated rings. The summed E-state index contributed by atoms with van der Waals surface area (Å²) in [6, 6.07) is 12.2. The van der Waals surface area contributed by atoms with Crippen molar-refractivity contribution in [3.05, 3.63) is 66.1 Å². The number of anilines is 1. The molecule has 0 bridgehead atoms. The fourth-order valence-electron chi connectivity index (χ4n) is 3.31. The Bertz CT molecular complexity index is 899. The molecule has 0 saturated heterocycles. The zero-order chi connectivity index (χ0) is 16.7. The van der Waals surface area contributed by atoms with E-state index in [1.54, 1.807) is 6.20 Å². The van der Waals surface area contributed by atoms with Crippen LogP contribution in [-0.4, -0.2) is 46.9 Å². The van der Waals surface area contributed by atoms with Crippen molar-refractivity contribution in [1.82, 2.24) is 14.3 Å². The third-order valence-corrected chi connectivity index (χ3v) is 4.74. The summed E-state index contributed by atoms with van der Waals surface area (Å²) in [4.78, 5) is 21.5. The molecule has 5 heteroatoms. The third kappa shape index (κ3) is 2.47. The zero-order valence-electron chi connectivity index (χ0n) is 13.9. The molecule has 1 aliphatic heterocycles. The molecule has 1 unspecified atom stereocenters. The molecule has 1 aromatic carbocycles. The fourth-order valence-corrected chi connectivity index (χ4v) is 3.31. The first-order valence-electron chi connectivity index (χ1n) is 8.12. The van der Waals surface area contributed by atoms with Gasteiger partial charge in [-0.3, -0.25) is 4.79 Å². The van der Waals surface area contributed by atoms with Crippen molar-refractivity contribution in [2.75, 3.05) is 25.5 Å². The van der Waals surface area contributed by atoms with Crippen LogP contribution in [0.2, 0.25) is 0 Å². The molecule has 3 heterocycles. The van der Waals surface area contributed by atoms with Crippen molar-refractivity contribution in [2.24, 2.45) is 0 Å². The molecule has 0 saturated carbocycles. The molecule has 1 amide bonds. The van der Waals surface area contributed by atoms with Crippen LogP contribution in [0.5, 0.6) is 0 Å². The molecule has 0 radical (unpaired) electrons. The van der Waals surface area contributed by atoms with Crippen molar-refractivity contribution in [3.8, 4) is 0 Å². The predicted octanol–water partition coefficient (Wildman–Crippen LogP) is 2.47. The van der Waals surface area contributed by atoms with E-state index in [2.05, 4.69) is 30.0 Å². The summed E-state index contributed by atoms with van der Waals surface area (Å²) in [5.41, 5.74) is 3.76. The molecule has 122 valence electrons. The van der Waals surface area contributed by atoms with Gasteiger partial charge in [-0.15, -0.1) is 0 Å². The van der Waals surface area contributed by atoms with Gasteiger partial charge < -0.3 is 14.2 Å². The van der Waals surface area contributed by atoms with E-state index in [4.69, 9.17) is 0 Å². The number of hydrogen-bond donors (Lipinski definition) is 0. The average molecular weight is 320 g/mol. The largest absolute Gasteiger partial charge is 0.306 e. The second-order valence-corrected chi connectivity index (χ2v) is 6.48. The molecule has 1 aliphatic rings. The van der Waals surface area contributed by atoms with Crippen LogP contribution in [0.25, 0.3) is 5.65 Å². The normalized spacial score (nSPS) is 17.3. The van der Waals surface area contributed by atoms with E-state index < -0.39 is 0 Å². The zero-order valence-corrected chi connectivity index (χ0v) is 13.9. The summed E-state index contributed by atoms with van der Waals surface area (Å²) in [6.07, 6.45) is 6.42. The number of carbonyl (C=O) groups excluding carboxylic acids is 1. The molecular weight excluding hydrogens is 300 g/mol. The summed E-state index contributed by atoms with van der Waals surface area (Å²) in [5.74, 6) is 0.0320. The lowest BCUT2D eigenvalue weighted by atomic mass is 9.96. The number of likely N-dealkylation sites (N-methyl/N-ethyl adjacent to an activating group) is 1. The first-order chi connectivity index (χ1) is 11.6. The molecule has 0 spiro atoms. The molecular formula is C19H20N4O. The number of benzene rings is 1.